The number of benzene rings is 3. The highest BCUT2D eigenvalue weighted by molar-refractivity contribution is 9.09. The van der Waals surface area contributed by atoms with E-state index in [0.29, 0.717) is 0 Å². The minimum Gasteiger partial charge on any atom is -1.00 e. The maximum atomic E-state index is 3.52. The maximum absolute atomic E-state index is 3.52. The van der Waals surface area contributed by atoms with Gasteiger partial charge in [-0.15, -0.1) is 0 Å². The van der Waals surface area contributed by atoms with E-state index in [1.807, 2.05) is 0 Å². The Balaban J connectivity index is 0.00000300. The van der Waals surface area contributed by atoms with Crippen LogP contribution >= 0.6 is 23.2 Å². The molecule has 0 bridgehead atoms. The highest BCUT2D eigenvalue weighted by Crippen LogP contribution is 2.55. The largest absolute Gasteiger partial charge is 1.00 e. The summed E-state index contributed by atoms with van der Waals surface area (Å²) in [6, 6.07) is 33.3. The molecule has 0 atom stereocenters. The summed E-state index contributed by atoms with van der Waals surface area (Å²) in [6.45, 7) is 0. The summed E-state index contributed by atoms with van der Waals surface area (Å²) in [5.41, 5.74) is 0. The van der Waals surface area contributed by atoms with Crippen molar-refractivity contribution >= 4 is 39.1 Å². The maximum Gasteiger partial charge on any atom is 0.115 e. The molecule has 29 heavy (non-hydrogen) atoms. The summed E-state index contributed by atoms with van der Waals surface area (Å²) in [5.74, 6) is 0. The summed E-state index contributed by atoms with van der Waals surface area (Å²) in [5, 5.41) is 5.48. The second-order valence-electron chi connectivity index (χ2n) is 7.01. The predicted octanol–water partition coefficient (Wildman–Crippen LogP) is 3.50. The molecule has 3 aromatic carbocycles. The van der Waals surface area contributed by atoms with E-state index in [0.717, 1.165) is 11.5 Å². The van der Waals surface area contributed by atoms with E-state index in [4.69, 9.17) is 0 Å². The van der Waals surface area contributed by atoms with Crippen LogP contribution in [0.2, 0.25) is 0 Å². The first kappa shape index (κ1) is 24.1. The summed E-state index contributed by atoms with van der Waals surface area (Å²) in [6.07, 6.45) is 10.9. The predicted molar refractivity (Wildman–Crippen MR) is 131 cm³/mol. The van der Waals surface area contributed by atoms with Gasteiger partial charge in [-0.3, -0.25) is 0 Å². The van der Waals surface area contributed by atoms with Crippen molar-refractivity contribution in [3.63, 3.8) is 0 Å². The van der Waals surface area contributed by atoms with Gasteiger partial charge in [0.05, 0.1) is 6.16 Å². The summed E-state index contributed by atoms with van der Waals surface area (Å²) >= 11 is 3.52. The van der Waals surface area contributed by atoms with E-state index in [1.54, 1.807) is 0 Å². The lowest BCUT2D eigenvalue weighted by atomic mass is 10.2. The lowest BCUT2D eigenvalue weighted by Gasteiger charge is -2.26. The van der Waals surface area contributed by atoms with E-state index in [2.05, 4.69) is 119 Å². The molecule has 0 saturated carbocycles. The van der Waals surface area contributed by atoms with E-state index in [-0.39, 0.29) is 17.0 Å². The number of alkyl halides is 1. The zero-order valence-corrected chi connectivity index (χ0v) is 20.8. The molecule has 3 heteroatoms. The van der Waals surface area contributed by atoms with Crippen molar-refractivity contribution in [3.05, 3.63) is 103 Å². The van der Waals surface area contributed by atoms with Crippen LogP contribution < -0.4 is 32.9 Å². The molecule has 0 heterocycles. The van der Waals surface area contributed by atoms with E-state index in [1.165, 1.54) is 41.6 Å². The lowest BCUT2D eigenvalue weighted by Crippen LogP contribution is -3.00. The summed E-state index contributed by atoms with van der Waals surface area (Å²) in [4.78, 5) is 0. The molecule has 0 aliphatic heterocycles. The van der Waals surface area contributed by atoms with Crippen LogP contribution in [0.3, 0.4) is 0 Å². The van der Waals surface area contributed by atoms with Crippen molar-refractivity contribution in [1.82, 2.24) is 0 Å². The normalized spacial score (nSPS) is 11.3. The molecule has 3 aromatic rings. The Bertz CT molecular complexity index is 736. The van der Waals surface area contributed by atoms with Crippen LogP contribution in [0.4, 0.5) is 0 Å². The van der Waals surface area contributed by atoms with Crippen LogP contribution in [0.15, 0.2) is 103 Å². The molecule has 3 rings (SSSR count). The van der Waals surface area contributed by atoms with Gasteiger partial charge in [0.2, 0.25) is 0 Å². The van der Waals surface area contributed by atoms with Crippen LogP contribution in [0, 0.1) is 0 Å². The first-order valence-electron chi connectivity index (χ1n) is 10.1. The first-order chi connectivity index (χ1) is 13.9. The molecule has 0 fully saturated rings. The smallest absolute Gasteiger partial charge is 0.115 e. The van der Waals surface area contributed by atoms with Crippen molar-refractivity contribution in [2.75, 3.05) is 11.5 Å². The van der Waals surface area contributed by atoms with Gasteiger partial charge < -0.3 is 17.0 Å². The van der Waals surface area contributed by atoms with Gasteiger partial charge in [0.15, 0.2) is 0 Å². The molecule has 0 amide bonds. The van der Waals surface area contributed by atoms with Crippen molar-refractivity contribution in [3.8, 4) is 0 Å². The highest BCUT2D eigenvalue weighted by atomic mass is 79.9. The van der Waals surface area contributed by atoms with Crippen molar-refractivity contribution in [2.45, 2.75) is 25.7 Å². The Kier molecular flexibility index (Phi) is 10.9. The van der Waals surface area contributed by atoms with Crippen molar-refractivity contribution in [2.24, 2.45) is 0 Å². The van der Waals surface area contributed by atoms with Gasteiger partial charge in [0, 0.05) is 5.33 Å². The van der Waals surface area contributed by atoms with Gasteiger partial charge in [-0.1, -0.05) is 89.1 Å². The number of hydrogen-bond acceptors (Lipinski definition) is 0. The molecular weight excluding hydrogens is 503 g/mol. The second kappa shape index (κ2) is 13.2. The van der Waals surface area contributed by atoms with Crippen molar-refractivity contribution in [1.29, 1.82) is 0 Å². The topological polar surface area (TPSA) is 0 Å². The van der Waals surface area contributed by atoms with E-state index >= 15 is 0 Å². The molecule has 0 aromatic heterocycles. The molecule has 0 spiro atoms. The minimum absolute atomic E-state index is 0. The van der Waals surface area contributed by atoms with Gasteiger partial charge >= 0.3 is 0 Å². The number of halogens is 2. The van der Waals surface area contributed by atoms with Crippen LogP contribution in [0.5, 0.6) is 0 Å². The van der Waals surface area contributed by atoms with Gasteiger partial charge in [-0.2, -0.15) is 0 Å². The van der Waals surface area contributed by atoms with Crippen LogP contribution in [0.25, 0.3) is 0 Å². The molecule has 0 saturated heterocycles. The third-order valence-corrected chi connectivity index (χ3v) is 10.00. The third-order valence-electron chi connectivity index (χ3n) is 5.14. The Morgan fingerprint density at radius 2 is 1.03 bits per heavy atom. The average Bonchev–Trinajstić information content (AvgIpc) is 2.78. The summed E-state index contributed by atoms with van der Waals surface area (Å²) < 4.78 is 0. The molecule has 0 N–H and O–H groups in total. The number of unbranched alkanes of at least 4 members (excludes halogenated alkanes) is 3. The Morgan fingerprint density at radius 3 is 1.45 bits per heavy atom. The quantitative estimate of drug-likeness (QED) is 0.163. The van der Waals surface area contributed by atoms with Gasteiger partial charge in [0.1, 0.15) is 23.2 Å². The van der Waals surface area contributed by atoms with Gasteiger partial charge in [-0.05, 0) is 55.7 Å². The fourth-order valence-corrected chi connectivity index (χ4v) is 8.13. The fourth-order valence-electron chi connectivity index (χ4n) is 3.69. The molecular formula is C26H29Br2P. The molecule has 0 nitrogen and oxygen atoms in total. The Labute approximate surface area is 195 Å². The fraction of sp³-hybridized carbons (Fsp3) is 0.231. The standard InChI is InChI=1S/C26H29BrP.BrH/c27-22-14-3-1-2-4-15-23-28(24-16-8-5-9-17-24,25-18-10-6-11-19-25)26-20-12-7-13-21-26;/h4-13,15-21H,1-3,14,22-23H2;1H/q+1;/p-1. The van der Waals surface area contributed by atoms with Gasteiger partial charge in [-0.25, -0.2) is 0 Å². The Hall–Kier alpha value is -1.21. The van der Waals surface area contributed by atoms with Gasteiger partial charge in [0.25, 0.3) is 0 Å². The molecule has 0 aliphatic rings. The number of rotatable bonds is 10. The molecule has 152 valence electrons. The van der Waals surface area contributed by atoms with E-state index < -0.39 is 7.26 Å². The van der Waals surface area contributed by atoms with Crippen LogP contribution in [-0.4, -0.2) is 11.5 Å². The third kappa shape index (κ3) is 6.38. The van der Waals surface area contributed by atoms with Crippen LogP contribution in [0.1, 0.15) is 25.7 Å². The first-order valence-corrected chi connectivity index (χ1v) is 13.2. The van der Waals surface area contributed by atoms with Crippen molar-refractivity contribution < 1.29 is 17.0 Å². The number of hydrogen-bond donors (Lipinski definition) is 0. The monoisotopic (exact) mass is 530 g/mol. The lowest BCUT2D eigenvalue weighted by molar-refractivity contribution is -0.00000541. The molecule has 0 unspecified atom stereocenters. The summed E-state index contributed by atoms with van der Waals surface area (Å²) in [7, 11) is -1.71. The SMILES string of the molecule is BrCCCCCC=CC[P+](c1ccccc1)(c1ccccc1)c1ccccc1.[Br-]. The zero-order valence-electron chi connectivity index (χ0n) is 16.8. The van der Waals surface area contributed by atoms with Crippen LogP contribution in [-0.2, 0) is 0 Å². The minimum atomic E-state index is -1.71. The second-order valence-corrected chi connectivity index (χ2v) is 11.3. The number of allylic oxidation sites excluding steroid dienone is 2. The van der Waals surface area contributed by atoms with E-state index in [9.17, 15) is 0 Å². The molecule has 0 radical (unpaired) electrons. The zero-order chi connectivity index (χ0) is 19.5. The molecule has 0 aliphatic carbocycles. The average molecular weight is 532 g/mol. The highest BCUT2D eigenvalue weighted by Gasteiger charge is 2.43. The Morgan fingerprint density at radius 1 is 0.586 bits per heavy atom.